The molecule has 0 radical (unpaired) electrons. The third kappa shape index (κ3) is 2.37. The maximum Gasteiger partial charge on any atom is 0.304 e. The van der Waals surface area contributed by atoms with E-state index in [-0.39, 0.29) is 23.6 Å². The zero-order valence-electron chi connectivity index (χ0n) is 11.3. The van der Waals surface area contributed by atoms with Crippen LogP contribution in [0, 0.1) is 33.7 Å². The number of rotatable bonds is 3. The summed E-state index contributed by atoms with van der Waals surface area (Å²) in [7, 11) is 0. The van der Waals surface area contributed by atoms with Crippen LogP contribution >= 0.6 is 0 Å². The lowest BCUT2D eigenvalue weighted by Gasteiger charge is -2.26. The molecule has 1 aromatic carbocycles. The van der Waals surface area contributed by atoms with E-state index in [0.717, 1.165) is 31.4 Å². The minimum atomic E-state index is -0.963. The maximum absolute atomic E-state index is 13.5. The SMILES string of the molecule is NC1C2CCC(C2)C1C(=O)Nc1ccc([N+](=O)[O-])c(F)c1. The van der Waals surface area contributed by atoms with Crippen LogP contribution in [0.4, 0.5) is 15.8 Å². The van der Waals surface area contributed by atoms with E-state index in [4.69, 9.17) is 5.73 Å². The number of benzene rings is 1. The van der Waals surface area contributed by atoms with Gasteiger partial charge in [0.2, 0.25) is 11.7 Å². The summed E-state index contributed by atoms with van der Waals surface area (Å²) in [6, 6.07) is 3.20. The molecule has 0 saturated heterocycles. The van der Waals surface area contributed by atoms with Crippen molar-refractivity contribution in [3.05, 3.63) is 34.1 Å². The van der Waals surface area contributed by atoms with Crippen molar-refractivity contribution in [1.29, 1.82) is 0 Å². The quantitative estimate of drug-likeness (QED) is 0.658. The number of fused-ring (bicyclic) bond motifs is 2. The molecule has 2 saturated carbocycles. The van der Waals surface area contributed by atoms with Gasteiger partial charge in [0.25, 0.3) is 0 Å². The van der Waals surface area contributed by atoms with Crippen LogP contribution in [0.3, 0.4) is 0 Å². The zero-order chi connectivity index (χ0) is 15.1. The van der Waals surface area contributed by atoms with Crippen molar-refractivity contribution in [1.82, 2.24) is 0 Å². The van der Waals surface area contributed by atoms with Crippen molar-refractivity contribution in [2.24, 2.45) is 23.5 Å². The molecule has 21 heavy (non-hydrogen) atoms. The van der Waals surface area contributed by atoms with Gasteiger partial charge in [-0.1, -0.05) is 0 Å². The van der Waals surface area contributed by atoms with Gasteiger partial charge in [0.05, 0.1) is 10.8 Å². The average molecular weight is 293 g/mol. The number of nitro benzene ring substituents is 1. The van der Waals surface area contributed by atoms with Gasteiger partial charge in [0, 0.05) is 23.9 Å². The molecule has 2 bridgehead atoms. The van der Waals surface area contributed by atoms with Gasteiger partial charge >= 0.3 is 5.69 Å². The van der Waals surface area contributed by atoms with Crippen molar-refractivity contribution in [2.75, 3.05) is 5.32 Å². The van der Waals surface area contributed by atoms with Gasteiger partial charge in [0.15, 0.2) is 0 Å². The van der Waals surface area contributed by atoms with Gasteiger partial charge in [-0.2, -0.15) is 4.39 Å². The zero-order valence-corrected chi connectivity index (χ0v) is 11.3. The van der Waals surface area contributed by atoms with E-state index in [9.17, 15) is 19.3 Å². The van der Waals surface area contributed by atoms with Crippen LogP contribution in [-0.2, 0) is 4.79 Å². The topological polar surface area (TPSA) is 98.3 Å². The van der Waals surface area contributed by atoms with Gasteiger partial charge in [-0.3, -0.25) is 14.9 Å². The van der Waals surface area contributed by atoms with E-state index >= 15 is 0 Å². The molecular formula is C14H16FN3O3. The minimum Gasteiger partial charge on any atom is -0.327 e. The molecule has 112 valence electrons. The van der Waals surface area contributed by atoms with Crippen molar-refractivity contribution in [2.45, 2.75) is 25.3 Å². The number of hydrogen-bond donors (Lipinski definition) is 2. The van der Waals surface area contributed by atoms with Crippen LogP contribution in [0.25, 0.3) is 0 Å². The van der Waals surface area contributed by atoms with E-state index in [0.29, 0.717) is 11.8 Å². The fourth-order valence-electron chi connectivity index (χ4n) is 3.68. The first-order valence-electron chi connectivity index (χ1n) is 6.97. The number of nitrogens with zero attached hydrogens (tertiary/aromatic N) is 1. The predicted molar refractivity (Wildman–Crippen MR) is 74.0 cm³/mol. The standard InChI is InChI=1S/C14H16FN3O3/c15-10-6-9(3-4-11(10)18(20)21)17-14(19)12-7-1-2-8(5-7)13(12)16/h3-4,6-8,12-13H,1-2,5,16H2,(H,17,19). The molecule has 3 N–H and O–H groups in total. The fourth-order valence-corrected chi connectivity index (χ4v) is 3.68. The summed E-state index contributed by atoms with van der Waals surface area (Å²) in [5, 5.41) is 13.2. The van der Waals surface area contributed by atoms with Crippen molar-refractivity contribution in [3.8, 4) is 0 Å². The summed E-state index contributed by atoms with van der Waals surface area (Å²) in [5.74, 6) is -0.729. The Morgan fingerprint density at radius 2 is 2.10 bits per heavy atom. The molecule has 1 aromatic rings. The Morgan fingerprint density at radius 1 is 1.38 bits per heavy atom. The lowest BCUT2D eigenvalue weighted by atomic mass is 9.84. The Kier molecular flexibility index (Phi) is 3.36. The lowest BCUT2D eigenvalue weighted by molar-refractivity contribution is -0.387. The van der Waals surface area contributed by atoms with Crippen LogP contribution in [0.15, 0.2) is 18.2 Å². The molecule has 0 spiro atoms. The van der Waals surface area contributed by atoms with Crippen LogP contribution < -0.4 is 11.1 Å². The van der Waals surface area contributed by atoms with Crippen molar-refractivity contribution >= 4 is 17.3 Å². The van der Waals surface area contributed by atoms with E-state index in [2.05, 4.69) is 5.32 Å². The summed E-state index contributed by atoms with van der Waals surface area (Å²) in [5.41, 5.74) is 5.70. The average Bonchev–Trinajstić information content (AvgIpc) is 2.98. The van der Waals surface area contributed by atoms with Crippen LogP contribution in [0.2, 0.25) is 0 Å². The summed E-state index contributed by atoms with van der Waals surface area (Å²) >= 11 is 0. The van der Waals surface area contributed by atoms with E-state index < -0.39 is 16.4 Å². The molecule has 0 aliphatic heterocycles. The number of nitrogens with one attached hydrogen (secondary N) is 1. The highest BCUT2D eigenvalue weighted by atomic mass is 19.1. The van der Waals surface area contributed by atoms with Gasteiger partial charge < -0.3 is 11.1 Å². The Bertz CT molecular complexity index is 605. The normalized spacial score (nSPS) is 30.4. The highest BCUT2D eigenvalue weighted by Crippen LogP contribution is 2.47. The highest BCUT2D eigenvalue weighted by Gasteiger charge is 2.49. The summed E-state index contributed by atoms with van der Waals surface area (Å²) in [4.78, 5) is 22.1. The smallest absolute Gasteiger partial charge is 0.304 e. The molecule has 4 unspecified atom stereocenters. The lowest BCUT2D eigenvalue weighted by Crippen LogP contribution is -2.42. The first-order valence-corrected chi connectivity index (χ1v) is 6.97. The largest absolute Gasteiger partial charge is 0.327 e. The van der Waals surface area contributed by atoms with Gasteiger partial charge in [-0.25, -0.2) is 0 Å². The van der Waals surface area contributed by atoms with Gasteiger partial charge in [-0.05, 0) is 37.2 Å². The Morgan fingerprint density at radius 3 is 2.67 bits per heavy atom. The first-order chi connectivity index (χ1) is 9.97. The molecule has 2 aliphatic rings. The third-order valence-electron chi connectivity index (χ3n) is 4.70. The Labute approximate surface area is 120 Å². The number of amides is 1. The second kappa shape index (κ2) is 5.07. The minimum absolute atomic E-state index is 0.147. The molecule has 3 rings (SSSR count). The predicted octanol–water partition coefficient (Wildman–Crippen LogP) is 2.05. The number of carbonyl (C=O) groups is 1. The van der Waals surface area contributed by atoms with Crippen LogP contribution in [-0.4, -0.2) is 16.9 Å². The van der Waals surface area contributed by atoms with E-state index in [1.54, 1.807) is 0 Å². The van der Waals surface area contributed by atoms with E-state index in [1.165, 1.54) is 6.07 Å². The van der Waals surface area contributed by atoms with Crippen LogP contribution in [0.1, 0.15) is 19.3 Å². The molecule has 0 heterocycles. The molecule has 6 nitrogen and oxygen atoms in total. The molecule has 0 aromatic heterocycles. The Hall–Kier alpha value is -2.02. The van der Waals surface area contributed by atoms with Crippen LogP contribution in [0.5, 0.6) is 0 Å². The van der Waals surface area contributed by atoms with E-state index in [1.807, 2.05) is 0 Å². The highest BCUT2D eigenvalue weighted by molar-refractivity contribution is 5.93. The number of nitrogens with two attached hydrogens (primary N) is 1. The number of hydrogen-bond acceptors (Lipinski definition) is 4. The summed E-state index contributed by atoms with van der Waals surface area (Å²) in [6.45, 7) is 0. The number of halogens is 1. The van der Waals surface area contributed by atoms with Gasteiger partial charge in [0.1, 0.15) is 0 Å². The molecule has 7 heteroatoms. The van der Waals surface area contributed by atoms with Gasteiger partial charge in [-0.15, -0.1) is 0 Å². The fraction of sp³-hybridized carbons (Fsp3) is 0.500. The number of carbonyl (C=O) groups excluding carboxylic acids is 1. The maximum atomic E-state index is 13.5. The monoisotopic (exact) mass is 293 g/mol. The molecular weight excluding hydrogens is 277 g/mol. The summed E-state index contributed by atoms with van der Waals surface area (Å²) in [6.07, 6.45) is 3.06. The number of nitro groups is 1. The molecule has 1 amide bonds. The second-order valence-electron chi connectivity index (χ2n) is 5.85. The van der Waals surface area contributed by atoms with Crippen molar-refractivity contribution in [3.63, 3.8) is 0 Å². The Balaban J connectivity index is 1.73. The van der Waals surface area contributed by atoms with Crippen molar-refractivity contribution < 1.29 is 14.1 Å². The third-order valence-corrected chi connectivity index (χ3v) is 4.70. The number of anilines is 1. The summed E-state index contributed by atoms with van der Waals surface area (Å²) < 4.78 is 13.5. The first kappa shape index (κ1) is 13.9. The second-order valence-corrected chi connectivity index (χ2v) is 5.85. The molecule has 2 aliphatic carbocycles. The molecule has 4 atom stereocenters. The molecule has 2 fully saturated rings.